The quantitative estimate of drug-likeness (QED) is 0.586. The molecule has 0 aliphatic carbocycles. The van der Waals surface area contributed by atoms with E-state index in [9.17, 15) is 9.59 Å². The number of hydrogen-bond donors (Lipinski definition) is 1. The SMILES string of the molecule is COc1ccc(-c2ccc3c(c2)COC3=O)c(OCc2ccc(C(N)=O)cc2)c1OC. The molecule has 0 atom stereocenters. The predicted molar refractivity (Wildman–Crippen MR) is 113 cm³/mol. The van der Waals surface area contributed by atoms with E-state index in [-0.39, 0.29) is 19.2 Å². The van der Waals surface area contributed by atoms with Crippen LogP contribution >= 0.6 is 0 Å². The van der Waals surface area contributed by atoms with Gasteiger partial charge in [0.2, 0.25) is 11.7 Å². The number of benzene rings is 3. The summed E-state index contributed by atoms with van der Waals surface area (Å²) >= 11 is 0. The lowest BCUT2D eigenvalue weighted by Crippen LogP contribution is -2.10. The third kappa shape index (κ3) is 3.90. The highest BCUT2D eigenvalue weighted by Crippen LogP contribution is 2.45. The van der Waals surface area contributed by atoms with E-state index in [0.717, 1.165) is 22.3 Å². The van der Waals surface area contributed by atoms with Gasteiger partial charge in [-0.2, -0.15) is 0 Å². The molecule has 2 N–H and O–H groups in total. The Kier molecular flexibility index (Phi) is 5.49. The van der Waals surface area contributed by atoms with Crippen molar-refractivity contribution >= 4 is 11.9 Å². The maximum atomic E-state index is 11.8. The first kappa shape index (κ1) is 20.3. The zero-order chi connectivity index (χ0) is 22.0. The monoisotopic (exact) mass is 419 g/mol. The van der Waals surface area contributed by atoms with Crippen LogP contribution in [0, 0.1) is 0 Å². The summed E-state index contributed by atoms with van der Waals surface area (Å²) in [7, 11) is 3.10. The highest BCUT2D eigenvalue weighted by Gasteiger charge is 2.23. The third-order valence-electron chi connectivity index (χ3n) is 5.12. The Labute approximate surface area is 179 Å². The Morgan fingerprint density at radius 3 is 2.39 bits per heavy atom. The van der Waals surface area contributed by atoms with Crippen molar-refractivity contribution in [3.05, 3.63) is 76.9 Å². The molecule has 0 spiro atoms. The molecule has 0 unspecified atom stereocenters. The van der Waals surface area contributed by atoms with Crippen LogP contribution in [0.1, 0.15) is 31.8 Å². The first-order valence-corrected chi connectivity index (χ1v) is 9.58. The van der Waals surface area contributed by atoms with Crippen molar-refractivity contribution in [3.63, 3.8) is 0 Å². The predicted octanol–water partition coefficient (Wildman–Crippen LogP) is 3.72. The average Bonchev–Trinajstić information content (AvgIpc) is 3.17. The molecule has 31 heavy (non-hydrogen) atoms. The van der Waals surface area contributed by atoms with Gasteiger partial charge in [-0.05, 0) is 47.5 Å². The van der Waals surface area contributed by atoms with Crippen LogP contribution in [0.4, 0.5) is 0 Å². The largest absolute Gasteiger partial charge is 0.493 e. The minimum absolute atomic E-state index is 0.238. The number of fused-ring (bicyclic) bond motifs is 1. The molecule has 0 saturated heterocycles. The highest BCUT2D eigenvalue weighted by atomic mass is 16.5. The number of hydrogen-bond acceptors (Lipinski definition) is 6. The van der Waals surface area contributed by atoms with Gasteiger partial charge in [0.25, 0.3) is 0 Å². The maximum absolute atomic E-state index is 11.8. The molecule has 1 aliphatic heterocycles. The standard InChI is InChI=1S/C24H21NO6/c1-28-20-10-9-18(16-7-8-19-17(11-16)13-31-24(19)27)21(22(20)29-2)30-12-14-3-5-15(6-4-14)23(25)26/h3-11H,12-13H2,1-2H3,(H2,25,26). The lowest BCUT2D eigenvalue weighted by atomic mass is 9.99. The van der Waals surface area contributed by atoms with E-state index in [0.29, 0.717) is 28.4 Å². The van der Waals surface area contributed by atoms with Crippen LogP contribution in [0.3, 0.4) is 0 Å². The van der Waals surface area contributed by atoms with Crippen molar-refractivity contribution in [2.45, 2.75) is 13.2 Å². The van der Waals surface area contributed by atoms with Crippen LogP contribution in [0.25, 0.3) is 11.1 Å². The second kappa shape index (κ2) is 8.39. The molecule has 3 aromatic carbocycles. The van der Waals surface area contributed by atoms with Gasteiger partial charge in [0.1, 0.15) is 13.2 Å². The first-order valence-electron chi connectivity index (χ1n) is 9.58. The van der Waals surface area contributed by atoms with Gasteiger partial charge in [0, 0.05) is 16.7 Å². The van der Waals surface area contributed by atoms with Gasteiger partial charge in [0.05, 0.1) is 19.8 Å². The number of ether oxygens (including phenoxy) is 4. The molecule has 0 bridgehead atoms. The molecule has 7 heteroatoms. The minimum Gasteiger partial charge on any atom is -0.493 e. The number of nitrogens with two attached hydrogens (primary N) is 1. The molecule has 1 aliphatic rings. The molecule has 1 amide bonds. The molecule has 0 aromatic heterocycles. The molecule has 1 heterocycles. The fourth-order valence-corrected chi connectivity index (χ4v) is 3.49. The fraction of sp³-hybridized carbons (Fsp3) is 0.167. The van der Waals surface area contributed by atoms with Crippen molar-refractivity contribution in [1.82, 2.24) is 0 Å². The van der Waals surface area contributed by atoms with Gasteiger partial charge in [-0.1, -0.05) is 18.2 Å². The minimum atomic E-state index is -0.483. The molecule has 0 fully saturated rings. The van der Waals surface area contributed by atoms with Crippen molar-refractivity contribution in [2.75, 3.05) is 14.2 Å². The first-order chi connectivity index (χ1) is 15.0. The maximum Gasteiger partial charge on any atom is 0.338 e. The Bertz CT molecular complexity index is 1150. The van der Waals surface area contributed by atoms with Crippen LogP contribution in [-0.2, 0) is 18.0 Å². The average molecular weight is 419 g/mol. The number of rotatable bonds is 7. The second-order valence-electron chi connectivity index (χ2n) is 6.98. The summed E-state index contributed by atoms with van der Waals surface area (Å²) in [6.07, 6.45) is 0. The van der Waals surface area contributed by atoms with Crippen molar-refractivity contribution in [3.8, 4) is 28.4 Å². The topological polar surface area (TPSA) is 97.1 Å². The van der Waals surface area contributed by atoms with E-state index < -0.39 is 5.91 Å². The number of methoxy groups -OCH3 is 2. The Hall–Kier alpha value is -4.00. The number of amides is 1. The smallest absolute Gasteiger partial charge is 0.338 e. The van der Waals surface area contributed by atoms with E-state index in [4.69, 9.17) is 24.7 Å². The van der Waals surface area contributed by atoms with Crippen molar-refractivity contribution < 1.29 is 28.5 Å². The molecule has 4 rings (SSSR count). The molecule has 158 valence electrons. The zero-order valence-corrected chi connectivity index (χ0v) is 17.1. The van der Waals surface area contributed by atoms with E-state index in [1.54, 1.807) is 50.6 Å². The summed E-state index contributed by atoms with van der Waals surface area (Å²) in [5, 5.41) is 0. The number of esters is 1. The lowest BCUT2D eigenvalue weighted by Gasteiger charge is -2.18. The van der Waals surface area contributed by atoms with E-state index in [2.05, 4.69) is 0 Å². The van der Waals surface area contributed by atoms with Crippen LogP contribution in [0.5, 0.6) is 17.2 Å². The second-order valence-corrected chi connectivity index (χ2v) is 6.98. The fourth-order valence-electron chi connectivity index (χ4n) is 3.49. The van der Waals surface area contributed by atoms with Crippen molar-refractivity contribution in [2.24, 2.45) is 5.73 Å². The number of cyclic esters (lactones) is 1. The van der Waals surface area contributed by atoms with Crippen LogP contribution < -0.4 is 19.9 Å². The van der Waals surface area contributed by atoms with Crippen LogP contribution in [-0.4, -0.2) is 26.1 Å². The number of carbonyl (C=O) groups is 2. The zero-order valence-electron chi connectivity index (χ0n) is 17.1. The summed E-state index contributed by atoms with van der Waals surface area (Å²) in [6, 6.07) is 16.1. The van der Waals surface area contributed by atoms with Gasteiger partial charge in [-0.25, -0.2) is 4.79 Å². The third-order valence-corrected chi connectivity index (χ3v) is 5.12. The summed E-state index contributed by atoms with van der Waals surface area (Å²) < 4.78 is 22.3. The van der Waals surface area contributed by atoms with E-state index in [1.165, 1.54) is 0 Å². The highest BCUT2D eigenvalue weighted by molar-refractivity contribution is 5.94. The molecule has 0 radical (unpaired) electrons. The van der Waals surface area contributed by atoms with Crippen LogP contribution in [0.2, 0.25) is 0 Å². The molecule has 7 nitrogen and oxygen atoms in total. The van der Waals surface area contributed by atoms with Gasteiger partial charge in [-0.15, -0.1) is 0 Å². The Balaban J connectivity index is 1.71. The number of carbonyl (C=O) groups excluding carboxylic acids is 2. The molecule has 3 aromatic rings. The summed E-state index contributed by atoms with van der Waals surface area (Å²) in [4.78, 5) is 23.1. The Morgan fingerprint density at radius 2 is 1.71 bits per heavy atom. The van der Waals surface area contributed by atoms with Gasteiger partial charge in [-0.3, -0.25) is 4.79 Å². The van der Waals surface area contributed by atoms with Gasteiger partial charge < -0.3 is 24.7 Å². The molecular formula is C24H21NO6. The van der Waals surface area contributed by atoms with E-state index >= 15 is 0 Å². The van der Waals surface area contributed by atoms with Crippen LogP contribution in [0.15, 0.2) is 54.6 Å². The summed E-state index contributed by atoms with van der Waals surface area (Å²) in [6.45, 7) is 0.486. The Morgan fingerprint density at radius 1 is 0.968 bits per heavy atom. The normalized spacial score (nSPS) is 12.1. The van der Waals surface area contributed by atoms with E-state index in [1.807, 2.05) is 18.2 Å². The van der Waals surface area contributed by atoms with Crippen molar-refractivity contribution in [1.29, 1.82) is 0 Å². The van der Waals surface area contributed by atoms with Gasteiger partial charge in [0.15, 0.2) is 11.5 Å². The summed E-state index contributed by atoms with van der Waals surface area (Å²) in [5.41, 5.74) is 9.62. The molecular weight excluding hydrogens is 398 g/mol. The summed E-state index contributed by atoms with van der Waals surface area (Å²) in [5.74, 6) is 0.700. The lowest BCUT2D eigenvalue weighted by molar-refractivity contribution is 0.0535. The van der Waals surface area contributed by atoms with Gasteiger partial charge >= 0.3 is 5.97 Å². The number of primary amides is 1. The molecule has 0 saturated carbocycles.